The van der Waals surface area contributed by atoms with Crippen molar-refractivity contribution in [2.75, 3.05) is 33.3 Å². The lowest BCUT2D eigenvalue weighted by atomic mass is 10.3. The van der Waals surface area contributed by atoms with Crippen LogP contribution in [0.25, 0.3) is 0 Å². The smallest absolute Gasteiger partial charge is 0.333 e. The highest BCUT2D eigenvalue weighted by Crippen LogP contribution is 2.04. The zero-order chi connectivity index (χ0) is 13.7. The minimum Gasteiger partial charge on any atom is -0.462 e. The number of amides is 2. The van der Waals surface area contributed by atoms with Crippen molar-refractivity contribution in [3.05, 3.63) is 12.2 Å². The van der Waals surface area contributed by atoms with Gasteiger partial charge in [-0.3, -0.25) is 9.59 Å². The standard InChI is InChI=1S/C12H18N2O4/c1-9(2)12(17)18-8-4-5-14-7-6-13(3)10(15)11(14)16/h1,4-8H2,2-3H3. The van der Waals surface area contributed by atoms with Crippen LogP contribution in [-0.4, -0.2) is 60.9 Å². The molecule has 0 spiro atoms. The van der Waals surface area contributed by atoms with Crippen molar-refractivity contribution in [3.8, 4) is 0 Å². The molecule has 0 aromatic rings. The van der Waals surface area contributed by atoms with E-state index in [9.17, 15) is 14.4 Å². The quantitative estimate of drug-likeness (QED) is 0.295. The summed E-state index contributed by atoms with van der Waals surface area (Å²) in [5, 5.41) is 0. The molecule has 0 atom stereocenters. The zero-order valence-corrected chi connectivity index (χ0v) is 10.8. The van der Waals surface area contributed by atoms with E-state index in [0.29, 0.717) is 31.6 Å². The van der Waals surface area contributed by atoms with Crippen LogP contribution in [0, 0.1) is 0 Å². The summed E-state index contributed by atoms with van der Waals surface area (Å²) in [6.45, 7) is 6.74. The summed E-state index contributed by atoms with van der Waals surface area (Å²) in [4.78, 5) is 37.0. The molecule has 0 saturated carbocycles. The van der Waals surface area contributed by atoms with Gasteiger partial charge in [-0.2, -0.15) is 0 Å². The molecule has 1 rings (SSSR count). The number of nitrogens with zero attached hydrogens (tertiary/aromatic N) is 2. The molecule has 100 valence electrons. The Balaban J connectivity index is 2.28. The molecule has 1 heterocycles. The Morgan fingerprint density at radius 1 is 1.33 bits per heavy atom. The third-order valence-corrected chi connectivity index (χ3v) is 2.68. The molecule has 1 fully saturated rings. The van der Waals surface area contributed by atoms with Gasteiger partial charge in [-0.15, -0.1) is 0 Å². The van der Waals surface area contributed by atoms with E-state index in [1.54, 1.807) is 14.0 Å². The van der Waals surface area contributed by atoms with E-state index in [4.69, 9.17) is 4.74 Å². The maximum Gasteiger partial charge on any atom is 0.333 e. The van der Waals surface area contributed by atoms with Crippen molar-refractivity contribution < 1.29 is 19.1 Å². The van der Waals surface area contributed by atoms with E-state index in [1.807, 2.05) is 0 Å². The molecule has 0 aromatic heterocycles. The minimum absolute atomic E-state index is 0.222. The molecule has 2 amide bonds. The SMILES string of the molecule is C=C(C)C(=O)OCCCN1CCN(C)C(=O)C1=O. The van der Waals surface area contributed by atoms with Crippen LogP contribution in [0.1, 0.15) is 13.3 Å². The first-order chi connectivity index (χ1) is 8.43. The summed E-state index contributed by atoms with van der Waals surface area (Å²) in [6.07, 6.45) is 0.516. The van der Waals surface area contributed by atoms with Gasteiger partial charge in [0.25, 0.3) is 0 Å². The average Bonchev–Trinajstić information content (AvgIpc) is 2.33. The first-order valence-electron chi connectivity index (χ1n) is 5.80. The highest BCUT2D eigenvalue weighted by Gasteiger charge is 2.29. The van der Waals surface area contributed by atoms with E-state index in [0.717, 1.165) is 0 Å². The van der Waals surface area contributed by atoms with Gasteiger partial charge in [-0.1, -0.05) is 6.58 Å². The molecule has 0 aromatic carbocycles. The largest absolute Gasteiger partial charge is 0.462 e. The fraction of sp³-hybridized carbons (Fsp3) is 0.583. The maximum atomic E-state index is 11.6. The predicted molar refractivity (Wildman–Crippen MR) is 64.6 cm³/mol. The third kappa shape index (κ3) is 3.58. The molecule has 0 bridgehead atoms. The molecule has 0 radical (unpaired) electrons. The van der Waals surface area contributed by atoms with Crippen molar-refractivity contribution in [1.82, 2.24) is 9.80 Å². The summed E-state index contributed by atoms with van der Waals surface area (Å²) < 4.78 is 4.91. The van der Waals surface area contributed by atoms with Crippen LogP contribution in [0.15, 0.2) is 12.2 Å². The summed E-state index contributed by atoms with van der Waals surface area (Å²) in [7, 11) is 1.60. The van der Waals surface area contributed by atoms with Gasteiger partial charge in [0.05, 0.1) is 6.61 Å². The topological polar surface area (TPSA) is 66.9 Å². The van der Waals surface area contributed by atoms with Crippen molar-refractivity contribution in [3.63, 3.8) is 0 Å². The molecule has 0 N–H and O–H groups in total. The average molecular weight is 254 g/mol. The van der Waals surface area contributed by atoms with E-state index >= 15 is 0 Å². The molecular weight excluding hydrogens is 236 g/mol. The van der Waals surface area contributed by atoms with Gasteiger partial charge in [0, 0.05) is 32.3 Å². The van der Waals surface area contributed by atoms with E-state index < -0.39 is 17.8 Å². The number of carbonyl (C=O) groups is 3. The summed E-state index contributed by atoms with van der Waals surface area (Å²) in [5.41, 5.74) is 0.348. The second kappa shape index (κ2) is 6.18. The monoisotopic (exact) mass is 254 g/mol. The van der Waals surface area contributed by atoms with E-state index in [1.165, 1.54) is 9.80 Å². The maximum absolute atomic E-state index is 11.6. The molecule has 6 heteroatoms. The number of ether oxygens (including phenoxy) is 1. The van der Waals surface area contributed by atoms with Crippen LogP contribution in [0.2, 0.25) is 0 Å². The number of hydrogen-bond acceptors (Lipinski definition) is 4. The second-order valence-electron chi connectivity index (χ2n) is 4.29. The molecule has 1 aliphatic heterocycles. The van der Waals surface area contributed by atoms with Gasteiger partial charge in [0.2, 0.25) is 0 Å². The Bertz CT molecular complexity index is 378. The van der Waals surface area contributed by atoms with Gasteiger partial charge in [0.1, 0.15) is 0 Å². The van der Waals surface area contributed by atoms with Crippen molar-refractivity contribution >= 4 is 17.8 Å². The van der Waals surface area contributed by atoms with Crippen LogP contribution in [0.5, 0.6) is 0 Å². The Kier molecular flexibility index (Phi) is 4.88. The van der Waals surface area contributed by atoms with Gasteiger partial charge < -0.3 is 14.5 Å². The lowest BCUT2D eigenvalue weighted by Gasteiger charge is -2.31. The Morgan fingerprint density at radius 3 is 2.61 bits per heavy atom. The number of carbonyl (C=O) groups excluding carboxylic acids is 3. The molecular formula is C12H18N2O4. The Hall–Kier alpha value is -1.85. The Labute approximate surface area is 106 Å². The minimum atomic E-state index is -0.491. The van der Waals surface area contributed by atoms with Crippen molar-refractivity contribution in [2.45, 2.75) is 13.3 Å². The number of piperazine rings is 1. The zero-order valence-electron chi connectivity index (χ0n) is 10.8. The number of rotatable bonds is 5. The van der Waals surface area contributed by atoms with Crippen molar-refractivity contribution in [2.24, 2.45) is 0 Å². The first kappa shape index (κ1) is 14.2. The number of likely N-dealkylation sites (N-methyl/N-ethyl adjacent to an activating group) is 1. The number of hydrogen-bond donors (Lipinski definition) is 0. The molecule has 1 aliphatic rings. The van der Waals surface area contributed by atoms with Crippen molar-refractivity contribution in [1.29, 1.82) is 0 Å². The van der Waals surface area contributed by atoms with E-state index in [2.05, 4.69) is 6.58 Å². The first-order valence-corrected chi connectivity index (χ1v) is 5.80. The summed E-state index contributed by atoms with van der Waals surface area (Å²) in [5.74, 6) is -1.41. The fourth-order valence-corrected chi connectivity index (χ4v) is 1.53. The molecule has 0 unspecified atom stereocenters. The summed E-state index contributed by atoms with van der Waals surface area (Å²) >= 11 is 0. The van der Waals surface area contributed by atoms with Crippen LogP contribution in [0.3, 0.4) is 0 Å². The summed E-state index contributed by atoms with van der Waals surface area (Å²) in [6, 6.07) is 0. The Morgan fingerprint density at radius 2 is 2.00 bits per heavy atom. The lowest BCUT2D eigenvalue weighted by molar-refractivity contribution is -0.155. The van der Waals surface area contributed by atoms with Crippen LogP contribution < -0.4 is 0 Å². The molecule has 0 aliphatic carbocycles. The molecule has 18 heavy (non-hydrogen) atoms. The molecule has 6 nitrogen and oxygen atoms in total. The van der Waals surface area contributed by atoms with Crippen LogP contribution in [-0.2, 0) is 19.1 Å². The normalized spacial score (nSPS) is 15.9. The van der Waals surface area contributed by atoms with E-state index in [-0.39, 0.29) is 6.61 Å². The van der Waals surface area contributed by atoms with Gasteiger partial charge in [0.15, 0.2) is 0 Å². The highest BCUT2D eigenvalue weighted by atomic mass is 16.5. The molecule has 1 saturated heterocycles. The number of esters is 1. The lowest BCUT2D eigenvalue weighted by Crippen LogP contribution is -2.53. The highest BCUT2D eigenvalue weighted by molar-refractivity contribution is 6.35. The third-order valence-electron chi connectivity index (χ3n) is 2.68. The van der Waals surface area contributed by atoms with Crippen LogP contribution >= 0.6 is 0 Å². The van der Waals surface area contributed by atoms with Gasteiger partial charge in [-0.25, -0.2) is 4.79 Å². The van der Waals surface area contributed by atoms with Gasteiger partial charge in [-0.05, 0) is 13.3 Å². The van der Waals surface area contributed by atoms with Gasteiger partial charge >= 0.3 is 17.8 Å². The second-order valence-corrected chi connectivity index (χ2v) is 4.29. The van der Waals surface area contributed by atoms with Crippen LogP contribution in [0.4, 0.5) is 0 Å². The fourth-order valence-electron chi connectivity index (χ4n) is 1.53. The predicted octanol–water partition coefficient (Wildman–Crippen LogP) is -0.204.